The van der Waals surface area contributed by atoms with Crippen LogP contribution in [0.1, 0.15) is 58.5 Å². The fraction of sp³-hybridized carbons (Fsp3) is 0.379. The average Bonchev–Trinajstić information content (AvgIpc) is 3.43. The molecule has 0 atom stereocenters. The minimum Gasteiger partial charge on any atom is -0.352 e. The molecule has 0 spiro atoms. The molecule has 1 aliphatic rings. The first-order valence-electron chi connectivity index (χ1n) is 13.3. The van der Waals surface area contributed by atoms with Crippen molar-refractivity contribution in [3.05, 3.63) is 75.6 Å². The zero-order valence-electron chi connectivity index (χ0n) is 23.2. The summed E-state index contributed by atoms with van der Waals surface area (Å²) < 4.78 is 42.1. The number of hydrogen-bond acceptors (Lipinski definition) is 5. The van der Waals surface area contributed by atoms with Crippen LogP contribution in [0.4, 0.5) is 18.0 Å². The fourth-order valence-electron chi connectivity index (χ4n) is 4.96. The van der Waals surface area contributed by atoms with Crippen LogP contribution in [-0.4, -0.2) is 50.1 Å². The normalized spacial score (nSPS) is 13.8. The lowest BCUT2D eigenvalue weighted by Crippen LogP contribution is -2.50. The third-order valence-electron chi connectivity index (χ3n) is 6.79. The van der Waals surface area contributed by atoms with Gasteiger partial charge in [-0.3, -0.25) is 4.79 Å². The van der Waals surface area contributed by atoms with Gasteiger partial charge in [0, 0.05) is 37.2 Å². The van der Waals surface area contributed by atoms with E-state index in [4.69, 9.17) is 0 Å². The summed E-state index contributed by atoms with van der Waals surface area (Å²) in [6.45, 7) is 8.43. The first-order valence-corrected chi connectivity index (χ1v) is 14.1. The van der Waals surface area contributed by atoms with Crippen molar-refractivity contribution in [2.75, 3.05) is 13.1 Å². The maximum atomic E-state index is 13.5. The first kappa shape index (κ1) is 28.6. The minimum atomic E-state index is -4.48. The number of aryl methyl sites for hydroxylation is 1. The number of amides is 3. The standard InChI is InChI=1S/C29H31F3N6O2S/c1-17-36-38-15-20(34-27(38)41-17)10-12-33-25(39)23-9-8-21(18-6-5-7-19(14-18)29(30,31)32)22-11-13-37(16-24(22)23)26(40)35-28(2,3)4/h5-9,14-15H,10-13,16H2,1-4H3,(H,33,39)(H,35,40). The molecule has 0 aliphatic carbocycles. The van der Waals surface area contributed by atoms with Crippen molar-refractivity contribution < 1.29 is 22.8 Å². The van der Waals surface area contributed by atoms with E-state index in [1.807, 2.05) is 33.9 Å². The van der Waals surface area contributed by atoms with Gasteiger partial charge in [0.25, 0.3) is 5.91 Å². The Kier molecular flexibility index (Phi) is 7.54. The van der Waals surface area contributed by atoms with Crippen LogP contribution in [0.2, 0.25) is 0 Å². The Balaban J connectivity index is 1.42. The predicted molar refractivity (Wildman–Crippen MR) is 151 cm³/mol. The van der Waals surface area contributed by atoms with E-state index in [0.29, 0.717) is 48.2 Å². The van der Waals surface area contributed by atoms with Crippen LogP contribution in [0.3, 0.4) is 0 Å². The van der Waals surface area contributed by atoms with E-state index in [-0.39, 0.29) is 18.5 Å². The Morgan fingerprint density at radius 2 is 1.88 bits per heavy atom. The van der Waals surface area contributed by atoms with Crippen molar-refractivity contribution >= 4 is 28.2 Å². The molecule has 0 saturated heterocycles. The summed E-state index contributed by atoms with van der Waals surface area (Å²) >= 11 is 1.49. The Bertz CT molecular complexity index is 1590. The van der Waals surface area contributed by atoms with Crippen molar-refractivity contribution in [1.82, 2.24) is 30.1 Å². The van der Waals surface area contributed by atoms with E-state index in [9.17, 15) is 22.8 Å². The molecule has 3 heterocycles. The van der Waals surface area contributed by atoms with Crippen LogP contribution in [0.15, 0.2) is 42.6 Å². The van der Waals surface area contributed by atoms with E-state index in [0.717, 1.165) is 33.4 Å². The van der Waals surface area contributed by atoms with Gasteiger partial charge in [0.2, 0.25) is 4.96 Å². The van der Waals surface area contributed by atoms with Gasteiger partial charge in [-0.05, 0) is 74.6 Å². The summed E-state index contributed by atoms with van der Waals surface area (Å²) in [5, 5.41) is 11.2. The van der Waals surface area contributed by atoms with Gasteiger partial charge in [0.05, 0.1) is 17.5 Å². The van der Waals surface area contributed by atoms with E-state index < -0.39 is 17.3 Å². The average molecular weight is 585 g/mol. The Hall–Kier alpha value is -3.93. The van der Waals surface area contributed by atoms with Crippen LogP contribution in [-0.2, 0) is 25.6 Å². The molecular weight excluding hydrogens is 553 g/mol. The molecule has 0 saturated carbocycles. The van der Waals surface area contributed by atoms with Gasteiger partial charge in [-0.1, -0.05) is 29.5 Å². The second-order valence-corrected chi connectivity index (χ2v) is 12.3. The quantitative estimate of drug-likeness (QED) is 0.319. The fourth-order valence-corrected chi connectivity index (χ4v) is 5.70. The van der Waals surface area contributed by atoms with Crippen molar-refractivity contribution in [1.29, 1.82) is 0 Å². The highest BCUT2D eigenvalue weighted by molar-refractivity contribution is 7.16. The van der Waals surface area contributed by atoms with Crippen LogP contribution < -0.4 is 10.6 Å². The van der Waals surface area contributed by atoms with Crippen molar-refractivity contribution in [2.45, 2.75) is 58.8 Å². The molecule has 0 radical (unpaired) electrons. The lowest BCUT2D eigenvalue weighted by atomic mass is 9.87. The summed E-state index contributed by atoms with van der Waals surface area (Å²) in [5.74, 6) is -0.315. The largest absolute Gasteiger partial charge is 0.416 e. The Morgan fingerprint density at radius 1 is 1.10 bits per heavy atom. The van der Waals surface area contributed by atoms with Crippen molar-refractivity contribution in [2.24, 2.45) is 0 Å². The van der Waals surface area contributed by atoms with Gasteiger partial charge >= 0.3 is 12.2 Å². The molecule has 1 aliphatic heterocycles. The van der Waals surface area contributed by atoms with Gasteiger partial charge in [-0.25, -0.2) is 14.3 Å². The number of benzene rings is 2. The SMILES string of the molecule is Cc1nn2cc(CCNC(=O)c3ccc(-c4cccc(C(F)(F)F)c4)c4c3CN(C(=O)NC(C)(C)C)CC4)nc2s1. The predicted octanol–water partition coefficient (Wildman–Crippen LogP) is 5.62. The molecule has 2 N–H and O–H groups in total. The van der Waals surface area contributed by atoms with Crippen LogP contribution in [0.25, 0.3) is 16.1 Å². The maximum Gasteiger partial charge on any atom is 0.416 e. The van der Waals surface area contributed by atoms with Crippen LogP contribution in [0.5, 0.6) is 0 Å². The van der Waals surface area contributed by atoms with Gasteiger partial charge < -0.3 is 15.5 Å². The highest BCUT2D eigenvalue weighted by Crippen LogP contribution is 2.36. The summed E-state index contributed by atoms with van der Waals surface area (Å²) in [6, 6.07) is 8.25. The number of carbonyl (C=O) groups is 2. The number of carbonyl (C=O) groups excluding carboxylic acids is 2. The van der Waals surface area contributed by atoms with E-state index in [1.54, 1.807) is 27.6 Å². The molecule has 5 rings (SSSR count). The summed E-state index contributed by atoms with van der Waals surface area (Å²) in [4.78, 5) is 33.3. The van der Waals surface area contributed by atoms with Gasteiger partial charge in [-0.2, -0.15) is 18.3 Å². The van der Waals surface area contributed by atoms with Crippen LogP contribution >= 0.6 is 11.3 Å². The first-order chi connectivity index (χ1) is 19.3. The molecule has 8 nitrogen and oxygen atoms in total. The second kappa shape index (κ2) is 10.8. The lowest BCUT2D eigenvalue weighted by Gasteiger charge is -2.34. The third kappa shape index (κ3) is 6.37. The zero-order chi connectivity index (χ0) is 29.5. The van der Waals surface area contributed by atoms with Gasteiger partial charge in [-0.15, -0.1) is 0 Å². The second-order valence-electron chi connectivity index (χ2n) is 11.1. The monoisotopic (exact) mass is 584 g/mol. The molecular formula is C29H31F3N6O2S. The number of rotatable bonds is 5. The van der Waals surface area contributed by atoms with E-state index in [2.05, 4.69) is 20.7 Å². The number of urea groups is 1. The molecule has 2 aromatic heterocycles. The molecule has 12 heteroatoms. The van der Waals surface area contributed by atoms with Crippen molar-refractivity contribution in [3.8, 4) is 11.1 Å². The molecule has 4 aromatic rings. The maximum absolute atomic E-state index is 13.5. The number of halogens is 3. The van der Waals surface area contributed by atoms with Crippen LogP contribution in [0, 0.1) is 6.92 Å². The smallest absolute Gasteiger partial charge is 0.352 e. The molecule has 0 unspecified atom stereocenters. The number of imidazole rings is 1. The zero-order valence-corrected chi connectivity index (χ0v) is 24.0. The Labute approximate surface area is 239 Å². The number of aromatic nitrogens is 3. The number of nitrogens with one attached hydrogen (secondary N) is 2. The van der Waals surface area contributed by atoms with E-state index >= 15 is 0 Å². The molecule has 0 fully saturated rings. The topological polar surface area (TPSA) is 91.6 Å². The van der Waals surface area contributed by atoms with Gasteiger partial charge in [0.1, 0.15) is 5.01 Å². The number of alkyl halides is 3. The molecule has 0 bridgehead atoms. The molecule has 216 valence electrons. The number of fused-ring (bicyclic) bond motifs is 2. The molecule has 41 heavy (non-hydrogen) atoms. The number of hydrogen-bond donors (Lipinski definition) is 2. The minimum absolute atomic E-state index is 0.162. The number of nitrogens with zero attached hydrogens (tertiary/aromatic N) is 4. The van der Waals surface area contributed by atoms with E-state index in [1.165, 1.54) is 17.4 Å². The van der Waals surface area contributed by atoms with Gasteiger partial charge in [0.15, 0.2) is 0 Å². The lowest BCUT2D eigenvalue weighted by molar-refractivity contribution is -0.137. The summed E-state index contributed by atoms with van der Waals surface area (Å²) in [5.41, 5.74) is 2.45. The summed E-state index contributed by atoms with van der Waals surface area (Å²) in [7, 11) is 0. The third-order valence-corrected chi connectivity index (χ3v) is 7.63. The highest BCUT2D eigenvalue weighted by atomic mass is 32.1. The molecule has 3 amide bonds. The van der Waals surface area contributed by atoms with Crippen molar-refractivity contribution in [3.63, 3.8) is 0 Å². The summed E-state index contributed by atoms with van der Waals surface area (Å²) in [6.07, 6.45) is -1.73. The Morgan fingerprint density at radius 3 is 2.59 bits per heavy atom. The highest BCUT2D eigenvalue weighted by Gasteiger charge is 2.32. The molecule has 2 aromatic carbocycles.